The zero-order valence-electron chi connectivity index (χ0n) is 15.6. The number of likely N-dealkylation sites (N-methyl/N-ethyl adjacent to an activating group) is 2. The molecule has 138 valence electrons. The number of para-hydroxylation sites is 1. The van der Waals surface area contributed by atoms with Crippen LogP contribution < -0.4 is 15.1 Å². The molecule has 0 unspecified atom stereocenters. The van der Waals surface area contributed by atoms with Gasteiger partial charge in [0.15, 0.2) is 0 Å². The number of hydrogen-bond donors (Lipinski definition) is 1. The second kappa shape index (κ2) is 8.67. The minimum absolute atomic E-state index is 0.0372. The smallest absolute Gasteiger partial charge is 0.243 e. The zero-order valence-corrected chi connectivity index (χ0v) is 15.6. The van der Waals surface area contributed by atoms with Crippen LogP contribution in [0, 0.1) is 0 Å². The van der Waals surface area contributed by atoms with Gasteiger partial charge in [0.05, 0.1) is 18.4 Å². The maximum atomic E-state index is 12.4. The second-order valence-electron chi connectivity index (χ2n) is 6.59. The Bertz CT molecular complexity index is 696. The molecule has 1 N–H and O–H groups in total. The van der Waals surface area contributed by atoms with Gasteiger partial charge in [0.1, 0.15) is 5.82 Å². The van der Waals surface area contributed by atoms with Gasteiger partial charge in [0.2, 0.25) is 5.91 Å². The number of piperazine rings is 1. The van der Waals surface area contributed by atoms with Crippen LogP contribution in [0.5, 0.6) is 0 Å². The van der Waals surface area contributed by atoms with Crippen LogP contribution in [0.1, 0.15) is 6.92 Å². The summed E-state index contributed by atoms with van der Waals surface area (Å²) in [5.74, 6) is 0.931. The number of hydrogen-bond acceptors (Lipinski definition) is 5. The summed E-state index contributed by atoms with van der Waals surface area (Å²) in [5, 5.41) is 2.94. The summed E-state index contributed by atoms with van der Waals surface area (Å²) < 4.78 is 0. The van der Waals surface area contributed by atoms with Crippen LogP contribution in [0.3, 0.4) is 0 Å². The van der Waals surface area contributed by atoms with Gasteiger partial charge in [-0.3, -0.25) is 4.79 Å². The highest BCUT2D eigenvalue weighted by molar-refractivity contribution is 5.94. The van der Waals surface area contributed by atoms with Crippen molar-refractivity contribution in [1.29, 1.82) is 0 Å². The normalized spacial score (nSPS) is 14.9. The Hall–Kier alpha value is -2.60. The molecule has 6 nitrogen and oxygen atoms in total. The van der Waals surface area contributed by atoms with Gasteiger partial charge >= 0.3 is 0 Å². The molecule has 0 radical (unpaired) electrons. The molecule has 0 atom stereocenters. The number of aromatic nitrogens is 1. The minimum atomic E-state index is -0.0372. The Balaban J connectivity index is 1.56. The zero-order chi connectivity index (χ0) is 18.4. The fraction of sp³-hybridized carbons (Fsp3) is 0.400. The van der Waals surface area contributed by atoms with E-state index >= 15 is 0 Å². The highest BCUT2D eigenvalue weighted by atomic mass is 16.2. The molecule has 1 amide bonds. The lowest BCUT2D eigenvalue weighted by atomic mass is 10.3. The average molecular weight is 353 g/mol. The third-order valence-corrected chi connectivity index (χ3v) is 4.70. The Morgan fingerprint density at radius 2 is 1.85 bits per heavy atom. The monoisotopic (exact) mass is 353 g/mol. The van der Waals surface area contributed by atoms with E-state index in [0.29, 0.717) is 6.54 Å². The Morgan fingerprint density at radius 1 is 1.12 bits per heavy atom. The Morgan fingerprint density at radius 3 is 2.46 bits per heavy atom. The number of nitrogens with one attached hydrogen (secondary N) is 1. The number of pyridine rings is 1. The van der Waals surface area contributed by atoms with E-state index in [4.69, 9.17) is 0 Å². The number of carbonyl (C=O) groups is 1. The first kappa shape index (κ1) is 18.2. The quantitative estimate of drug-likeness (QED) is 0.864. The number of rotatable bonds is 6. The molecule has 3 rings (SSSR count). The summed E-state index contributed by atoms with van der Waals surface area (Å²) in [6.45, 7) is 7.21. The molecular weight excluding hydrogens is 326 g/mol. The first-order valence-electron chi connectivity index (χ1n) is 9.15. The van der Waals surface area contributed by atoms with Crippen molar-refractivity contribution >= 4 is 23.1 Å². The number of amides is 1. The number of benzene rings is 1. The molecule has 1 aliphatic rings. The highest BCUT2D eigenvalue weighted by Gasteiger charge is 2.15. The summed E-state index contributed by atoms with van der Waals surface area (Å²) in [6.07, 6.45) is 1.74. The molecule has 1 fully saturated rings. The van der Waals surface area contributed by atoms with E-state index in [1.54, 1.807) is 6.20 Å². The maximum absolute atomic E-state index is 12.4. The molecule has 6 heteroatoms. The van der Waals surface area contributed by atoms with E-state index in [2.05, 4.69) is 27.1 Å². The summed E-state index contributed by atoms with van der Waals surface area (Å²) in [7, 11) is 2.14. The molecule has 0 aliphatic carbocycles. The van der Waals surface area contributed by atoms with E-state index in [1.165, 1.54) is 0 Å². The van der Waals surface area contributed by atoms with Gasteiger partial charge in [-0.15, -0.1) is 0 Å². The Labute approximate surface area is 155 Å². The maximum Gasteiger partial charge on any atom is 0.243 e. The van der Waals surface area contributed by atoms with Crippen molar-refractivity contribution in [1.82, 2.24) is 9.88 Å². The predicted molar refractivity (Wildman–Crippen MR) is 107 cm³/mol. The lowest BCUT2D eigenvalue weighted by Crippen LogP contribution is -2.44. The lowest BCUT2D eigenvalue weighted by Gasteiger charge is -2.33. The highest BCUT2D eigenvalue weighted by Crippen LogP contribution is 2.16. The third kappa shape index (κ3) is 4.73. The predicted octanol–water partition coefficient (Wildman–Crippen LogP) is 2.30. The van der Waals surface area contributed by atoms with Crippen molar-refractivity contribution in [2.75, 3.05) is 61.4 Å². The van der Waals surface area contributed by atoms with Crippen molar-refractivity contribution in [3.8, 4) is 0 Å². The molecule has 0 bridgehead atoms. The van der Waals surface area contributed by atoms with Crippen molar-refractivity contribution in [2.45, 2.75) is 6.92 Å². The second-order valence-corrected chi connectivity index (χ2v) is 6.59. The van der Waals surface area contributed by atoms with Crippen LogP contribution in [0.2, 0.25) is 0 Å². The van der Waals surface area contributed by atoms with Crippen LogP contribution in [0.25, 0.3) is 0 Å². The topological polar surface area (TPSA) is 51.7 Å². The van der Waals surface area contributed by atoms with Gasteiger partial charge in [-0.25, -0.2) is 4.98 Å². The standard InChI is InChI=1S/C20H27N5O/c1-3-24(18-7-5-4-6-8-18)16-20(26)22-17-9-10-19(21-15-17)25-13-11-23(2)12-14-25/h4-10,15H,3,11-14,16H2,1-2H3,(H,22,26). The van der Waals surface area contributed by atoms with Crippen LogP contribution in [-0.2, 0) is 4.79 Å². The van der Waals surface area contributed by atoms with Gasteiger partial charge in [-0.2, -0.15) is 0 Å². The number of carbonyl (C=O) groups excluding carboxylic acids is 1. The van der Waals surface area contributed by atoms with Gasteiger partial charge in [-0.05, 0) is 38.2 Å². The van der Waals surface area contributed by atoms with Crippen molar-refractivity contribution in [3.63, 3.8) is 0 Å². The minimum Gasteiger partial charge on any atom is -0.362 e. The molecule has 26 heavy (non-hydrogen) atoms. The average Bonchev–Trinajstić information content (AvgIpc) is 2.68. The van der Waals surface area contributed by atoms with Crippen molar-refractivity contribution in [3.05, 3.63) is 48.7 Å². The van der Waals surface area contributed by atoms with E-state index in [0.717, 1.165) is 49.9 Å². The van der Waals surface area contributed by atoms with Gasteiger partial charge in [-0.1, -0.05) is 18.2 Å². The van der Waals surface area contributed by atoms with Gasteiger partial charge in [0.25, 0.3) is 0 Å². The molecular formula is C20H27N5O. The number of nitrogens with zero attached hydrogens (tertiary/aromatic N) is 4. The first-order chi connectivity index (χ1) is 12.7. The molecule has 0 spiro atoms. The summed E-state index contributed by atoms with van der Waals surface area (Å²) in [6, 6.07) is 13.9. The van der Waals surface area contributed by atoms with Gasteiger partial charge in [0, 0.05) is 38.4 Å². The first-order valence-corrected chi connectivity index (χ1v) is 9.15. The van der Waals surface area contributed by atoms with E-state index in [1.807, 2.05) is 54.3 Å². The van der Waals surface area contributed by atoms with Crippen molar-refractivity contribution in [2.24, 2.45) is 0 Å². The molecule has 1 aromatic carbocycles. The SMILES string of the molecule is CCN(CC(=O)Nc1ccc(N2CCN(C)CC2)nc1)c1ccccc1. The van der Waals surface area contributed by atoms with Gasteiger partial charge < -0.3 is 20.0 Å². The fourth-order valence-corrected chi connectivity index (χ4v) is 3.08. The number of anilines is 3. The Kier molecular flexibility index (Phi) is 6.07. The fourth-order valence-electron chi connectivity index (χ4n) is 3.08. The summed E-state index contributed by atoms with van der Waals surface area (Å²) >= 11 is 0. The lowest BCUT2D eigenvalue weighted by molar-refractivity contribution is -0.115. The molecule has 1 aromatic heterocycles. The summed E-state index contributed by atoms with van der Waals surface area (Å²) in [5.41, 5.74) is 1.78. The van der Waals surface area contributed by atoms with E-state index in [-0.39, 0.29) is 5.91 Å². The largest absolute Gasteiger partial charge is 0.362 e. The van der Waals surface area contributed by atoms with E-state index in [9.17, 15) is 4.79 Å². The van der Waals surface area contributed by atoms with Crippen LogP contribution in [0.15, 0.2) is 48.7 Å². The molecule has 0 saturated carbocycles. The molecule has 2 aromatic rings. The van der Waals surface area contributed by atoms with Crippen molar-refractivity contribution < 1.29 is 4.79 Å². The molecule has 2 heterocycles. The van der Waals surface area contributed by atoms with Crippen LogP contribution >= 0.6 is 0 Å². The van der Waals surface area contributed by atoms with Crippen LogP contribution in [0.4, 0.5) is 17.2 Å². The summed E-state index contributed by atoms with van der Waals surface area (Å²) in [4.78, 5) is 23.5. The van der Waals surface area contributed by atoms with Crippen LogP contribution in [-0.4, -0.2) is 62.1 Å². The molecule has 1 saturated heterocycles. The third-order valence-electron chi connectivity index (χ3n) is 4.70. The molecule has 1 aliphatic heterocycles. The van der Waals surface area contributed by atoms with E-state index < -0.39 is 0 Å².